The summed E-state index contributed by atoms with van der Waals surface area (Å²) in [6.45, 7) is 102. The summed E-state index contributed by atoms with van der Waals surface area (Å²) in [6.07, 6.45) is 102. The molecule has 0 amide bonds. The molecule has 0 fully saturated rings. The van der Waals surface area contributed by atoms with E-state index in [1.165, 1.54) is 456 Å². The van der Waals surface area contributed by atoms with Gasteiger partial charge in [0.1, 0.15) is 0 Å². The molecule has 0 saturated carbocycles. The first kappa shape index (κ1) is 156. The molecule has 0 nitrogen and oxygen atoms in total. The Bertz CT molecular complexity index is 2240. The standard InChI is InChI=1S/C22H46.5C21H44.C16H34/c1-8-19(4)12-9-13-20(5)14-10-15-21(6)16-11-17-22(7)18(2)3;1-17(2)11-8-12-19(5)13-9-14-20(6)15-10-16-21(7)18(3)4;1-7-11-19(4)14-9-15-21(6)17-10-16-20(5)13-8-12-18(2)3;1-7-19(5)13-10-14-20(6)15-11-17-21(8-2)16-9-12-18(3)4;1-7-19(5)13-10-16-21(8-2)17-11-15-20(6)14-9-12-18(3)4;1-7-21(8-2)17-11-16-20(6)15-10-14-19(5)13-9-12-18(3)4;1-6-14(3)10-8-12-16(5)13-9-11-15(4)7-2/h18-22H,8-17H2,1-7H3;17-21H,8-16H2,1-7H3;4*18-21H,7-17H2,1-6H3;14-16H,6-13H2,1-5H3. The smallest absolute Gasteiger partial charge is 0.0417 e. The Hall–Kier alpha value is 0. The average molecular weight is 2020 g/mol. The van der Waals surface area contributed by atoms with Crippen molar-refractivity contribution in [3.8, 4) is 0 Å². The van der Waals surface area contributed by atoms with Crippen molar-refractivity contribution in [2.45, 2.75) is 754 Å². The van der Waals surface area contributed by atoms with E-state index in [4.69, 9.17) is 0 Å². The Morgan fingerprint density at radius 1 is 0.0979 bits per heavy atom. The van der Waals surface area contributed by atoms with Gasteiger partial charge in [-0.15, -0.1) is 0 Å². The van der Waals surface area contributed by atoms with E-state index in [9.17, 15) is 0 Å². The summed E-state index contributed by atoms with van der Waals surface area (Å²) >= 11 is 0. The molecular formula is C143H300. The molecule has 0 spiro atoms. The van der Waals surface area contributed by atoms with Crippen molar-refractivity contribution in [1.29, 1.82) is 0 Å². The molecule has 0 radical (unpaired) electrons. The number of hydrogen-bond donors (Lipinski definition) is 0. The van der Waals surface area contributed by atoms with Gasteiger partial charge in [-0.05, 0) is 172 Å². The molecule has 0 heteroatoms. The van der Waals surface area contributed by atoms with Gasteiger partial charge in [-0.25, -0.2) is 0 Å². The molecule has 20 unspecified atom stereocenters. The molecule has 0 N–H and O–H groups in total. The molecule has 0 aromatic rings. The summed E-state index contributed by atoms with van der Waals surface area (Å²) in [5.74, 6) is 26.9. The fraction of sp³-hybridized carbons (Fsp3) is 1.00. The highest BCUT2D eigenvalue weighted by Gasteiger charge is 2.19. The third-order valence-corrected chi connectivity index (χ3v) is 36.7. The largest absolute Gasteiger partial charge is 0.0654 e. The Balaban J connectivity index is -0.000000302. The highest BCUT2D eigenvalue weighted by molar-refractivity contribution is 4.72. The molecule has 20 atom stereocenters. The molecule has 0 aliphatic carbocycles. The van der Waals surface area contributed by atoms with Crippen LogP contribution in [0.3, 0.4) is 0 Å². The summed E-state index contributed by atoms with van der Waals surface area (Å²) in [7, 11) is 0. The maximum atomic E-state index is 2.47. The minimum absolute atomic E-state index is 0.853. The third kappa shape index (κ3) is 125. The molecule has 143 heavy (non-hydrogen) atoms. The second-order valence-electron chi connectivity index (χ2n) is 55.9. The van der Waals surface area contributed by atoms with E-state index < -0.39 is 0 Å². The summed E-state index contributed by atoms with van der Waals surface area (Å²) in [5, 5.41) is 0. The molecule has 0 aromatic heterocycles. The average Bonchev–Trinajstić information content (AvgIpc) is 0.992. The Morgan fingerprint density at radius 2 is 0.210 bits per heavy atom. The molecule has 0 aliphatic heterocycles. The minimum Gasteiger partial charge on any atom is -0.0654 e. The van der Waals surface area contributed by atoms with Gasteiger partial charge in [-0.2, -0.15) is 0 Å². The van der Waals surface area contributed by atoms with Gasteiger partial charge in [0.05, 0.1) is 0 Å². The molecular weight excluding hydrogens is 1720 g/mol. The predicted molar refractivity (Wildman–Crippen MR) is 673 cm³/mol. The fourth-order valence-electron chi connectivity index (χ4n) is 22.0. The number of rotatable bonds is 93. The lowest BCUT2D eigenvalue weighted by atomic mass is 9.88. The van der Waals surface area contributed by atoms with Crippen molar-refractivity contribution in [2.24, 2.45) is 172 Å². The van der Waals surface area contributed by atoms with Crippen LogP contribution < -0.4 is 0 Å². The molecule has 0 rings (SSSR count). The van der Waals surface area contributed by atoms with Crippen LogP contribution in [0.5, 0.6) is 0 Å². The van der Waals surface area contributed by atoms with Crippen LogP contribution in [0, 0.1) is 172 Å². The van der Waals surface area contributed by atoms with Gasteiger partial charge >= 0.3 is 0 Å². The van der Waals surface area contributed by atoms with E-state index in [1.54, 1.807) is 0 Å². The summed E-state index contributed by atoms with van der Waals surface area (Å²) in [4.78, 5) is 0. The van der Waals surface area contributed by atoms with Crippen molar-refractivity contribution in [1.82, 2.24) is 0 Å². The second kappa shape index (κ2) is 113. The van der Waals surface area contributed by atoms with Crippen LogP contribution in [0.25, 0.3) is 0 Å². The zero-order chi connectivity index (χ0) is 110. The van der Waals surface area contributed by atoms with Gasteiger partial charge < -0.3 is 0 Å². The molecule has 872 valence electrons. The van der Waals surface area contributed by atoms with Crippen molar-refractivity contribution < 1.29 is 0 Å². The van der Waals surface area contributed by atoms with E-state index in [1.807, 2.05) is 0 Å². The van der Waals surface area contributed by atoms with Crippen LogP contribution in [-0.4, -0.2) is 0 Å². The van der Waals surface area contributed by atoms with Crippen molar-refractivity contribution >= 4 is 0 Å². The zero-order valence-corrected chi connectivity index (χ0v) is 110. The van der Waals surface area contributed by atoms with Gasteiger partial charge in [0, 0.05) is 0 Å². The monoisotopic (exact) mass is 2020 g/mol. The highest BCUT2D eigenvalue weighted by Crippen LogP contribution is 2.34. The number of hydrogen-bond acceptors (Lipinski definition) is 0. The first-order valence-corrected chi connectivity index (χ1v) is 67.7. The Morgan fingerprint density at radius 3 is 0.336 bits per heavy atom. The van der Waals surface area contributed by atoms with Gasteiger partial charge in [0.2, 0.25) is 0 Å². The van der Waals surface area contributed by atoms with E-state index in [0.29, 0.717) is 0 Å². The van der Waals surface area contributed by atoms with E-state index >= 15 is 0 Å². The molecule has 0 aliphatic rings. The predicted octanol–water partition coefficient (Wildman–Crippen LogP) is 53.3. The molecule has 0 saturated heterocycles. The fourth-order valence-corrected chi connectivity index (χ4v) is 22.0. The molecule has 0 aromatic carbocycles. The summed E-state index contributed by atoms with van der Waals surface area (Å²) in [5.41, 5.74) is 0. The highest BCUT2D eigenvalue weighted by atomic mass is 14.2. The maximum Gasteiger partial charge on any atom is -0.0417 e. The maximum absolute atomic E-state index is 2.47. The zero-order valence-electron chi connectivity index (χ0n) is 110. The minimum atomic E-state index is 0.853. The van der Waals surface area contributed by atoms with Crippen molar-refractivity contribution in [2.75, 3.05) is 0 Å². The van der Waals surface area contributed by atoms with Gasteiger partial charge in [-0.3, -0.25) is 0 Å². The van der Waals surface area contributed by atoms with Crippen LogP contribution in [0.2, 0.25) is 0 Å². The Kier molecular flexibility index (Phi) is 123. The van der Waals surface area contributed by atoms with E-state index in [-0.39, 0.29) is 0 Å². The lowest BCUT2D eigenvalue weighted by Gasteiger charge is -2.18. The Labute approximate surface area is 919 Å². The van der Waals surface area contributed by atoms with Crippen LogP contribution in [0.4, 0.5) is 0 Å². The van der Waals surface area contributed by atoms with Crippen LogP contribution in [0.15, 0.2) is 0 Å². The van der Waals surface area contributed by atoms with Crippen molar-refractivity contribution in [3.63, 3.8) is 0 Å². The van der Waals surface area contributed by atoms with Crippen LogP contribution in [-0.2, 0) is 0 Å². The first-order valence-electron chi connectivity index (χ1n) is 67.7. The van der Waals surface area contributed by atoms with E-state index in [0.717, 1.165) is 172 Å². The molecule has 0 bridgehead atoms. The second-order valence-corrected chi connectivity index (χ2v) is 55.9. The summed E-state index contributed by atoms with van der Waals surface area (Å²) in [6, 6.07) is 0. The quantitative estimate of drug-likeness (QED) is 0.0569. The van der Waals surface area contributed by atoms with E-state index in [2.05, 4.69) is 298 Å². The van der Waals surface area contributed by atoms with Gasteiger partial charge in [0.15, 0.2) is 0 Å². The lowest BCUT2D eigenvalue weighted by molar-refractivity contribution is 0.346. The third-order valence-electron chi connectivity index (χ3n) is 36.7. The van der Waals surface area contributed by atoms with Crippen LogP contribution in [0.1, 0.15) is 754 Å². The van der Waals surface area contributed by atoms with Crippen LogP contribution >= 0.6 is 0 Å². The first-order chi connectivity index (χ1) is 67.7. The SMILES string of the molecule is CC(C)CCCC(C)CCCC(C)CCCC(C)C(C)C.CCC(C)CCCC(C)CCCC(C)CC.CCC(C)CCCC(C)CCCC(C)CCCC(C)C(C)C.CCC(C)CCCC(C)CCCC(CC)CCCC(C)C.CCC(C)CCCC(CC)CCCC(C)CCCC(C)C.CCC(CC)CCCC(C)CCCC(C)CCCC(C)C.CCCC(C)CCCC(C)CCCC(C)CCCC(C)C. The van der Waals surface area contributed by atoms with Gasteiger partial charge in [-0.1, -0.05) is 754 Å². The summed E-state index contributed by atoms with van der Waals surface area (Å²) < 4.78 is 0. The normalized spacial score (nSPS) is 16.3. The molecule has 0 heterocycles. The van der Waals surface area contributed by atoms with Gasteiger partial charge in [0.25, 0.3) is 0 Å². The van der Waals surface area contributed by atoms with Crippen molar-refractivity contribution in [3.05, 3.63) is 0 Å². The topological polar surface area (TPSA) is 0 Å². The lowest BCUT2D eigenvalue weighted by Crippen LogP contribution is -2.05.